The van der Waals surface area contributed by atoms with Gasteiger partial charge in [-0.15, -0.1) is 0 Å². The first kappa shape index (κ1) is 17.4. The molecule has 9 heteroatoms. The van der Waals surface area contributed by atoms with Crippen molar-refractivity contribution in [2.45, 2.75) is 11.8 Å². The number of benzene rings is 1. The summed E-state index contributed by atoms with van der Waals surface area (Å²) in [4.78, 5) is -0.0389. The van der Waals surface area contributed by atoms with Gasteiger partial charge in [-0.1, -0.05) is 6.92 Å². The van der Waals surface area contributed by atoms with E-state index in [4.69, 9.17) is 10.5 Å². The quantitative estimate of drug-likeness (QED) is 0.685. The molecule has 0 spiro atoms. The predicted molar refractivity (Wildman–Crippen MR) is 83.8 cm³/mol. The second kappa shape index (κ2) is 7.39. The number of nitrogen functional groups attached to an aromatic ring is 1. The molecule has 0 aromatic heterocycles. The molecule has 6 nitrogen and oxygen atoms in total. The van der Waals surface area contributed by atoms with Gasteiger partial charge < -0.3 is 10.5 Å². The van der Waals surface area contributed by atoms with Crippen LogP contribution in [0, 0.1) is 0 Å². The van der Waals surface area contributed by atoms with Crippen molar-refractivity contribution in [2.24, 2.45) is 0 Å². The second-order valence-corrected chi connectivity index (χ2v) is 8.31. The lowest BCUT2D eigenvalue weighted by atomic mass is 10.3. The lowest BCUT2D eigenvalue weighted by molar-refractivity contribution is 0.402. The Kier molecular flexibility index (Phi) is 6.44. The summed E-state index contributed by atoms with van der Waals surface area (Å²) >= 11 is 3.21. The number of sulfonamides is 1. The summed E-state index contributed by atoms with van der Waals surface area (Å²) in [6.07, 6.45) is 0. The van der Waals surface area contributed by atoms with E-state index in [9.17, 15) is 12.6 Å². The van der Waals surface area contributed by atoms with Crippen molar-refractivity contribution >= 4 is 42.4 Å². The van der Waals surface area contributed by atoms with Crippen molar-refractivity contribution in [3.05, 3.63) is 16.6 Å². The maximum atomic E-state index is 12.2. The molecule has 0 saturated carbocycles. The molecule has 0 amide bonds. The minimum Gasteiger partial charge on any atom is -0.495 e. The Balaban J connectivity index is 2.97. The first-order chi connectivity index (χ1) is 9.31. The van der Waals surface area contributed by atoms with E-state index < -0.39 is 20.8 Å². The van der Waals surface area contributed by atoms with Gasteiger partial charge in [-0.25, -0.2) is 13.1 Å². The van der Waals surface area contributed by atoms with E-state index in [1.54, 1.807) is 6.92 Å². The lowest BCUT2D eigenvalue weighted by Crippen LogP contribution is -2.28. The standard InChI is InChI=1S/C11H17BrN2O4S2/c1-3-19(15)5-4-14-20(16,17)11-7-9(13)8(12)6-10(11)18-2/h6-7,14H,3-5,13H2,1-2H3. The zero-order valence-corrected chi connectivity index (χ0v) is 14.4. The van der Waals surface area contributed by atoms with Gasteiger partial charge in [0.1, 0.15) is 10.6 Å². The molecule has 0 aliphatic rings. The van der Waals surface area contributed by atoms with Crippen LogP contribution in [0.4, 0.5) is 5.69 Å². The van der Waals surface area contributed by atoms with Gasteiger partial charge in [0.05, 0.1) is 7.11 Å². The summed E-state index contributed by atoms with van der Waals surface area (Å²) in [6, 6.07) is 2.82. The van der Waals surface area contributed by atoms with E-state index in [0.717, 1.165) is 0 Å². The van der Waals surface area contributed by atoms with Gasteiger partial charge in [0.2, 0.25) is 10.0 Å². The number of hydrogen-bond donors (Lipinski definition) is 2. The fraction of sp³-hybridized carbons (Fsp3) is 0.455. The van der Waals surface area contributed by atoms with E-state index >= 15 is 0 Å². The summed E-state index contributed by atoms with van der Waals surface area (Å²) in [5.74, 6) is 0.954. The molecule has 1 aromatic rings. The fourth-order valence-corrected chi connectivity index (χ4v) is 3.72. The zero-order chi connectivity index (χ0) is 15.3. The zero-order valence-electron chi connectivity index (χ0n) is 11.2. The topological polar surface area (TPSA) is 98.5 Å². The molecule has 1 unspecified atom stereocenters. The Morgan fingerprint density at radius 1 is 1.45 bits per heavy atom. The van der Waals surface area contributed by atoms with Gasteiger partial charge in [0.15, 0.2) is 0 Å². The van der Waals surface area contributed by atoms with Crippen LogP contribution in [0.5, 0.6) is 5.75 Å². The second-order valence-electron chi connectivity index (χ2n) is 3.85. The number of methoxy groups -OCH3 is 1. The Morgan fingerprint density at radius 2 is 2.10 bits per heavy atom. The largest absolute Gasteiger partial charge is 0.495 e. The highest BCUT2D eigenvalue weighted by atomic mass is 79.9. The van der Waals surface area contributed by atoms with Crippen molar-refractivity contribution in [1.82, 2.24) is 4.72 Å². The van der Waals surface area contributed by atoms with Crippen LogP contribution in [0.2, 0.25) is 0 Å². The highest BCUT2D eigenvalue weighted by Crippen LogP contribution is 2.32. The molecule has 1 aromatic carbocycles. The smallest absolute Gasteiger partial charge is 0.244 e. The number of nitrogens with one attached hydrogen (secondary N) is 1. The third-order valence-corrected chi connectivity index (χ3v) is 5.99. The van der Waals surface area contributed by atoms with Crippen molar-refractivity contribution < 1.29 is 17.4 Å². The first-order valence-electron chi connectivity index (χ1n) is 5.79. The van der Waals surface area contributed by atoms with Crippen LogP contribution in [0.3, 0.4) is 0 Å². The number of nitrogens with two attached hydrogens (primary N) is 1. The minimum atomic E-state index is -3.76. The Bertz CT molecular complexity index is 605. The fourth-order valence-electron chi connectivity index (χ4n) is 1.43. The van der Waals surface area contributed by atoms with Gasteiger partial charge in [0.25, 0.3) is 0 Å². The Labute approximate surface area is 129 Å². The molecular formula is C11H17BrN2O4S2. The number of ether oxygens (including phenoxy) is 1. The van der Waals surface area contributed by atoms with Crippen molar-refractivity contribution in [2.75, 3.05) is 30.9 Å². The molecule has 0 heterocycles. The minimum absolute atomic E-state index is 0.0389. The summed E-state index contributed by atoms with van der Waals surface area (Å²) in [7, 11) is -3.40. The van der Waals surface area contributed by atoms with Crippen LogP contribution in [-0.4, -0.2) is 37.8 Å². The monoisotopic (exact) mass is 384 g/mol. The maximum Gasteiger partial charge on any atom is 0.244 e. The Morgan fingerprint density at radius 3 is 2.65 bits per heavy atom. The SMILES string of the molecule is CCS(=O)CCNS(=O)(=O)c1cc(N)c(Br)cc1OC. The number of halogens is 1. The molecule has 1 rings (SSSR count). The van der Waals surface area contributed by atoms with E-state index in [-0.39, 0.29) is 22.9 Å². The molecule has 20 heavy (non-hydrogen) atoms. The van der Waals surface area contributed by atoms with Crippen LogP contribution in [0.15, 0.2) is 21.5 Å². The number of anilines is 1. The van der Waals surface area contributed by atoms with Crippen LogP contribution in [0.25, 0.3) is 0 Å². The summed E-state index contributed by atoms with van der Waals surface area (Å²) in [5, 5.41) is 0. The van der Waals surface area contributed by atoms with E-state index in [0.29, 0.717) is 15.9 Å². The first-order valence-corrected chi connectivity index (χ1v) is 9.56. The summed E-state index contributed by atoms with van der Waals surface area (Å²) in [6.45, 7) is 1.88. The molecular weight excluding hydrogens is 368 g/mol. The third-order valence-electron chi connectivity index (χ3n) is 2.52. The van der Waals surface area contributed by atoms with Crippen LogP contribution in [-0.2, 0) is 20.8 Å². The Hall–Kier alpha value is -0.640. The van der Waals surface area contributed by atoms with E-state index in [1.807, 2.05) is 0 Å². The molecule has 0 aliphatic carbocycles. The number of rotatable bonds is 7. The van der Waals surface area contributed by atoms with Crippen LogP contribution < -0.4 is 15.2 Å². The summed E-state index contributed by atoms with van der Waals surface area (Å²) in [5.41, 5.74) is 5.99. The molecule has 1 atom stereocenters. The lowest BCUT2D eigenvalue weighted by Gasteiger charge is -2.12. The molecule has 0 saturated heterocycles. The van der Waals surface area contributed by atoms with E-state index in [1.165, 1.54) is 19.2 Å². The maximum absolute atomic E-state index is 12.2. The average molecular weight is 385 g/mol. The third kappa shape index (κ3) is 4.44. The van der Waals surface area contributed by atoms with Crippen molar-refractivity contribution in [3.63, 3.8) is 0 Å². The van der Waals surface area contributed by atoms with Crippen LogP contribution >= 0.6 is 15.9 Å². The van der Waals surface area contributed by atoms with Crippen molar-refractivity contribution in [3.8, 4) is 5.75 Å². The molecule has 0 aliphatic heterocycles. The van der Waals surface area contributed by atoms with Crippen LogP contribution in [0.1, 0.15) is 6.92 Å². The summed E-state index contributed by atoms with van der Waals surface area (Å²) < 4.78 is 43.6. The normalized spacial score (nSPS) is 13.2. The van der Waals surface area contributed by atoms with Gasteiger partial charge >= 0.3 is 0 Å². The van der Waals surface area contributed by atoms with Gasteiger partial charge in [0, 0.05) is 39.0 Å². The molecule has 0 bridgehead atoms. The molecule has 0 radical (unpaired) electrons. The average Bonchev–Trinajstić information content (AvgIpc) is 2.40. The van der Waals surface area contributed by atoms with Crippen molar-refractivity contribution in [1.29, 1.82) is 0 Å². The highest BCUT2D eigenvalue weighted by Gasteiger charge is 2.21. The number of hydrogen-bond acceptors (Lipinski definition) is 5. The predicted octanol–water partition coefficient (Wildman–Crippen LogP) is 1.09. The molecule has 114 valence electrons. The van der Waals surface area contributed by atoms with E-state index in [2.05, 4.69) is 20.7 Å². The van der Waals surface area contributed by atoms with Gasteiger partial charge in [-0.2, -0.15) is 0 Å². The highest BCUT2D eigenvalue weighted by molar-refractivity contribution is 9.10. The van der Waals surface area contributed by atoms with Gasteiger partial charge in [-0.05, 0) is 28.1 Å². The molecule has 3 N–H and O–H groups in total. The van der Waals surface area contributed by atoms with Gasteiger partial charge in [-0.3, -0.25) is 4.21 Å². The molecule has 0 fully saturated rings.